The first-order valence-corrected chi connectivity index (χ1v) is 17.2. The molecule has 2 rings (SSSR count). The third-order valence-electron chi connectivity index (χ3n) is 6.53. The van der Waals surface area contributed by atoms with E-state index in [1.807, 2.05) is 13.8 Å². The van der Waals surface area contributed by atoms with Gasteiger partial charge >= 0.3 is 6.09 Å². The minimum absolute atomic E-state index is 0.236. The van der Waals surface area contributed by atoms with Crippen LogP contribution in [-0.2, 0) is 0 Å². The van der Waals surface area contributed by atoms with Crippen molar-refractivity contribution in [2.24, 2.45) is 0 Å². The van der Waals surface area contributed by atoms with E-state index < -0.39 is 16.3 Å². The van der Waals surface area contributed by atoms with Gasteiger partial charge in [-0.2, -0.15) is 0 Å². The van der Waals surface area contributed by atoms with Crippen molar-refractivity contribution in [1.29, 1.82) is 0 Å². The van der Waals surface area contributed by atoms with Crippen LogP contribution >= 0.6 is 0 Å². The molecule has 0 atom stereocenters. The van der Waals surface area contributed by atoms with Crippen LogP contribution in [0.1, 0.15) is 40.2 Å². The van der Waals surface area contributed by atoms with Crippen molar-refractivity contribution in [1.82, 2.24) is 9.13 Å². The molecule has 0 aliphatic rings. The van der Waals surface area contributed by atoms with E-state index in [9.17, 15) is 4.79 Å². The van der Waals surface area contributed by atoms with Gasteiger partial charge in [-0.1, -0.05) is 53.5 Å². The van der Waals surface area contributed by atoms with Crippen LogP contribution in [0.5, 0.6) is 5.75 Å². The van der Waals surface area contributed by atoms with Gasteiger partial charge in [0.05, 0.1) is 8.07 Å². The van der Waals surface area contributed by atoms with E-state index in [1.165, 1.54) is 16.1 Å². The molecular weight excluding hydrogens is 392 g/mol. The lowest BCUT2D eigenvalue weighted by Gasteiger charge is -2.38. The highest BCUT2D eigenvalue weighted by Crippen LogP contribution is 2.40. The topological polar surface area (TPSA) is 34.5 Å². The first kappa shape index (κ1) is 23.7. The lowest BCUT2D eigenvalue weighted by Crippen LogP contribution is -2.45. The molecule has 1 aromatic heterocycles. The van der Waals surface area contributed by atoms with Crippen LogP contribution in [0.4, 0.5) is 4.79 Å². The zero-order chi connectivity index (χ0) is 22.4. The van der Waals surface area contributed by atoms with Crippen molar-refractivity contribution in [3.8, 4) is 5.75 Å². The fourth-order valence-corrected chi connectivity index (χ4v) is 7.66. The highest BCUT2D eigenvalue weighted by molar-refractivity contribution is 6.91. The van der Waals surface area contributed by atoms with Gasteiger partial charge in [-0.25, -0.2) is 4.79 Å². The average molecular weight is 433 g/mol. The molecule has 0 saturated heterocycles. The molecule has 1 aromatic carbocycles. The molecule has 0 radical (unpaired) electrons. The summed E-state index contributed by atoms with van der Waals surface area (Å²) in [6.45, 7) is 26.3. The number of hydrogen-bond donors (Lipinski definition) is 0. The van der Waals surface area contributed by atoms with Gasteiger partial charge in [-0.3, -0.25) is 0 Å². The molecule has 29 heavy (non-hydrogen) atoms. The second kappa shape index (κ2) is 7.95. The number of carbonyl (C=O) groups is 1. The van der Waals surface area contributed by atoms with Crippen LogP contribution in [0, 0.1) is 6.92 Å². The maximum Gasteiger partial charge on any atom is 0.415 e. The molecule has 0 saturated carbocycles. The predicted molar refractivity (Wildman–Crippen MR) is 131 cm³/mol. The Hall–Kier alpha value is -1.54. The number of nitrogens with zero attached hydrogens (tertiary/aromatic N) is 2. The minimum Gasteiger partial charge on any atom is -0.410 e. The Kier molecular flexibility index (Phi) is 6.51. The highest BCUT2D eigenvalue weighted by atomic mass is 28.3. The zero-order valence-electron chi connectivity index (χ0n) is 20.4. The molecule has 0 spiro atoms. The molecule has 0 aliphatic heterocycles. The third kappa shape index (κ3) is 4.33. The molecule has 2 aromatic rings. The Morgan fingerprint density at radius 3 is 2.10 bits per heavy atom. The van der Waals surface area contributed by atoms with Crippen molar-refractivity contribution in [2.45, 2.75) is 79.3 Å². The van der Waals surface area contributed by atoms with Crippen LogP contribution in [0.25, 0.3) is 10.9 Å². The van der Waals surface area contributed by atoms with Crippen LogP contribution < -0.4 is 9.92 Å². The number of amides is 1. The second-order valence-corrected chi connectivity index (χ2v) is 20.7. The molecule has 6 heteroatoms. The second-order valence-electron chi connectivity index (χ2n) is 10.6. The van der Waals surface area contributed by atoms with Gasteiger partial charge in [-0.05, 0) is 54.9 Å². The van der Waals surface area contributed by atoms with Crippen molar-refractivity contribution in [3.05, 3.63) is 23.9 Å². The van der Waals surface area contributed by atoms with Gasteiger partial charge < -0.3 is 13.9 Å². The summed E-state index contributed by atoms with van der Waals surface area (Å²) < 4.78 is 8.58. The third-order valence-corrected chi connectivity index (χ3v) is 13.8. The first-order chi connectivity index (χ1) is 13.2. The number of ether oxygens (including phenoxy) is 1. The molecule has 0 aliphatic carbocycles. The Labute approximate surface area is 179 Å². The SMILES string of the molecule is CCN(CC)C(=O)Oc1c(C)cc2c(ccn2[Si](C)(C)C(C)(C)C)c1[Si](C)(C)C. The fraction of sp³-hybridized carbons (Fsp3) is 0.609. The Morgan fingerprint density at radius 2 is 1.66 bits per heavy atom. The lowest BCUT2D eigenvalue weighted by molar-refractivity contribution is 0.157. The number of benzene rings is 1. The fourth-order valence-electron chi connectivity index (χ4n) is 3.75. The summed E-state index contributed by atoms with van der Waals surface area (Å²) in [6.07, 6.45) is 2.02. The molecule has 162 valence electrons. The number of carbonyl (C=O) groups excluding carboxylic acids is 1. The maximum absolute atomic E-state index is 12.8. The normalized spacial score (nSPS) is 13.1. The standard InChI is InChI=1S/C23H40N2O2Si2/c1-12-24(13-2)22(26)27-20-17(3)16-19-18(21(20)28(7,8)9)14-15-25(19)29(10,11)23(4,5)6/h14-16H,12-13H2,1-11H3. The number of aromatic nitrogens is 1. The summed E-state index contributed by atoms with van der Waals surface area (Å²) >= 11 is 0. The van der Waals surface area contributed by atoms with E-state index >= 15 is 0 Å². The molecule has 1 amide bonds. The average Bonchev–Trinajstić information content (AvgIpc) is 2.97. The molecular formula is C23H40N2O2Si2. The Morgan fingerprint density at radius 1 is 1.10 bits per heavy atom. The van der Waals surface area contributed by atoms with Gasteiger partial charge in [-0.15, -0.1) is 0 Å². The van der Waals surface area contributed by atoms with E-state index in [1.54, 1.807) is 4.90 Å². The highest BCUT2D eigenvalue weighted by Gasteiger charge is 2.39. The summed E-state index contributed by atoms with van der Waals surface area (Å²) in [5.41, 5.74) is 2.34. The molecule has 1 heterocycles. The Bertz CT molecular complexity index is 898. The number of rotatable bonds is 5. The van der Waals surface area contributed by atoms with Crippen molar-refractivity contribution >= 4 is 38.5 Å². The van der Waals surface area contributed by atoms with Crippen LogP contribution in [0.3, 0.4) is 0 Å². The molecule has 0 unspecified atom stereocenters. The molecule has 0 fully saturated rings. The van der Waals surface area contributed by atoms with Gasteiger partial charge in [0, 0.05) is 24.0 Å². The maximum atomic E-state index is 12.8. The summed E-state index contributed by atoms with van der Waals surface area (Å²) in [5, 5.41) is 2.74. The van der Waals surface area contributed by atoms with Crippen molar-refractivity contribution in [2.75, 3.05) is 13.1 Å². The summed E-state index contributed by atoms with van der Waals surface area (Å²) in [5.74, 6) is 0.779. The smallest absolute Gasteiger partial charge is 0.410 e. The quantitative estimate of drug-likeness (QED) is 0.528. The van der Waals surface area contributed by atoms with E-state index in [2.05, 4.69) is 83.0 Å². The van der Waals surface area contributed by atoms with Gasteiger partial charge in [0.15, 0.2) is 8.24 Å². The number of hydrogen-bond acceptors (Lipinski definition) is 2. The molecule has 0 N–H and O–H groups in total. The summed E-state index contributed by atoms with van der Waals surface area (Å²) in [7, 11) is -3.54. The Balaban J connectivity index is 2.77. The number of fused-ring (bicyclic) bond motifs is 1. The van der Waals surface area contributed by atoms with E-state index in [0.717, 1.165) is 11.3 Å². The predicted octanol–water partition coefficient (Wildman–Crippen LogP) is 6.19. The van der Waals surface area contributed by atoms with E-state index in [0.29, 0.717) is 13.1 Å². The van der Waals surface area contributed by atoms with Crippen LogP contribution in [0.2, 0.25) is 37.8 Å². The first-order valence-electron chi connectivity index (χ1n) is 10.8. The van der Waals surface area contributed by atoms with Crippen LogP contribution in [0.15, 0.2) is 18.3 Å². The molecule has 4 nitrogen and oxygen atoms in total. The van der Waals surface area contributed by atoms with Gasteiger partial charge in [0.1, 0.15) is 5.75 Å². The monoisotopic (exact) mass is 432 g/mol. The van der Waals surface area contributed by atoms with Gasteiger partial charge in [0.2, 0.25) is 0 Å². The van der Waals surface area contributed by atoms with Crippen molar-refractivity contribution < 1.29 is 9.53 Å². The zero-order valence-corrected chi connectivity index (χ0v) is 22.4. The minimum atomic E-state index is -1.78. The van der Waals surface area contributed by atoms with Crippen molar-refractivity contribution in [3.63, 3.8) is 0 Å². The number of aryl methyl sites for hydroxylation is 1. The van der Waals surface area contributed by atoms with E-state index in [4.69, 9.17) is 4.74 Å². The largest absolute Gasteiger partial charge is 0.415 e. The van der Waals surface area contributed by atoms with Gasteiger partial charge in [0.25, 0.3) is 0 Å². The van der Waals surface area contributed by atoms with E-state index in [-0.39, 0.29) is 11.1 Å². The summed E-state index contributed by atoms with van der Waals surface area (Å²) in [6, 6.07) is 4.47. The summed E-state index contributed by atoms with van der Waals surface area (Å²) in [4.78, 5) is 14.5. The van der Waals surface area contributed by atoms with Crippen LogP contribution in [-0.4, -0.2) is 44.6 Å². The molecule has 0 bridgehead atoms. The lowest BCUT2D eigenvalue weighted by atomic mass is 10.1.